The summed E-state index contributed by atoms with van der Waals surface area (Å²) in [5.74, 6) is 6.07. The van der Waals surface area contributed by atoms with Crippen molar-refractivity contribution < 1.29 is 9.53 Å². The fourth-order valence-electron chi connectivity index (χ4n) is 2.49. The van der Waals surface area contributed by atoms with Gasteiger partial charge < -0.3 is 9.64 Å². The quantitative estimate of drug-likeness (QED) is 0.594. The molecule has 1 aliphatic rings. The highest BCUT2D eigenvalue weighted by Crippen LogP contribution is 2.24. The van der Waals surface area contributed by atoms with Crippen molar-refractivity contribution in [3.8, 4) is 0 Å². The van der Waals surface area contributed by atoms with Crippen molar-refractivity contribution in [3.63, 3.8) is 0 Å². The Bertz CT molecular complexity index is 289. The molecule has 0 aromatic carbocycles. The molecule has 1 fully saturated rings. The molecule has 0 aliphatic carbocycles. The maximum absolute atomic E-state index is 12.0. The maximum atomic E-state index is 12.0. The number of carbonyl (C=O) groups is 1. The smallest absolute Gasteiger partial charge is 0.410 e. The summed E-state index contributed by atoms with van der Waals surface area (Å²) in [6, 6.07) is 0.299. The fraction of sp³-hybridized carbons (Fsp3) is 0.929. The number of nitrogens with zero attached hydrogens (tertiary/aromatic N) is 1. The third kappa shape index (κ3) is 5.37. The number of hydrogen-bond acceptors (Lipinski definition) is 4. The number of nitrogens with one attached hydrogen (secondary N) is 1. The van der Waals surface area contributed by atoms with Gasteiger partial charge >= 0.3 is 6.09 Å². The van der Waals surface area contributed by atoms with Crippen molar-refractivity contribution in [2.24, 2.45) is 11.8 Å². The highest BCUT2D eigenvalue weighted by atomic mass is 16.6. The number of carbonyl (C=O) groups excluding carboxylic acids is 1. The molecule has 0 spiro atoms. The van der Waals surface area contributed by atoms with E-state index < -0.39 is 5.60 Å². The van der Waals surface area contributed by atoms with Crippen LogP contribution in [0, 0.1) is 5.92 Å². The van der Waals surface area contributed by atoms with Crippen LogP contribution < -0.4 is 11.3 Å². The van der Waals surface area contributed by atoms with Crippen molar-refractivity contribution in [2.45, 2.75) is 65.0 Å². The second-order valence-corrected chi connectivity index (χ2v) is 6.39. The number of ether oxygens (including phenoxy) is 1. The van der Waals surface area contributed by atoms with Gasteiger partial charge in [0.15, 0.2) is 0 Å². The fourth-order valence-corrected chi connectivity index (χ4v) is 2.49. The van der Waals surface area contributed by atoms with Gasteiger partial charge in [0, 0.05) is 19.1 Å². The van der Waals surface area contributed by atoms with Crippen molar-refractivity contribution in [2.75, 3.05) is 13.1 Å². The van der Waals surface area contributed by atoms with E-state index >= 15 is 0 Å². The standard InChI is InChI=1S/C14H29N3O2/c1-5-6-7-12(16-15)11-8-9-17(10-11)13(18)19-14(2,3)4/h11-12,16H,5-10,15H2,1-4H3. The van der Waals surface area contributed by atoms with Crippen molar-refractivity contribution >= 4 is 6.09 Å². The van der Waals surface area contributed by atoms with E-state index in [2.05, 4.69) is 12.3 Å². The van der Waals surface area contributed by atoms with Crippen LogP contribution in [0.5, 0.6) is 0 Å². The average molecular weight is 271 g/mol. The molecule has 0 aromatic rings. The van der Waals surface area contributed by atoms with E-state index in [0.29, 0.717) is 12.0 Å². The third-order valence-electron chi connectivity index (χ3n) is 3.53. The normalized spacial score (nSPS) is 21.5. The van der Waals surface area contributed by atoms with E-state index in [0.717, 1.165) is 32.4 Å². The van der Waals surface area contributed by atoms with Crippen LogP contribution in [-0.2, 0) is 4.74 Å². The molecule has 112 valence electrons. The van der Waals surface area contributed by atoms with Gasteiger partial charge in [-0.05, 0) is 39.5 Å². The summed E-state index contributed by atoms with van der Waals surface area (Å²) in [5.41, 5.74) is 2.48. The van der Waals surface area contributed by atoms with Crippen LogP contribution in [0.4, 0.5) is 4.79 Å². The Hall–Kier alpha value is -0.810. The zero-order valence-electron chi connectivity index (χ0n) is 12.7. The van der Waals surface area contributed by atoms with Gasteiger partial charge in [0.1, 0.15) is 5.60 Å². The molecule has 1 heterocycles. The first-order chi connectivity index (χ1) is 8.87. The summed E-state index contributed by atoms with van der Waals surface area (Å²) < 4.78 is 5.40. The Morgan fingerprint density at radius 2 is 2.21 bits per heavy atom. The van der Waals surface area contributed by atoms with Gasteiger partial charge in [-0.3, -0.25) is 11.3 Å². The minimum atomic E-state index is -0.428. The number of nitrogens with two attached hydrogens (primary N) is 1. The van der Waals surface area contributed by atoms with Gasteiger partial charge in [-0.25, -0.2) is 4.79 Å². The first-order valence-corrected chi connectivity index (χ1v) is 7.31. The van der Waals surface area contributed by atoms with Gasteiger partial charge in [-0.2, -0.15) is 0 Å². The summed E-state index contributed by atoms with van der Waals surface area (Å²) in [7, 11) is 0. The Kier molecular flexibility index (Phi) is 6.07. The molecular formula is C14H29N3O2. The molecule has 2 unspecified atom stereocenters. The summed E-state index contributed by atoms with van der Waals surface area (Å²) in [6.07, 6.45) is 4.19. The first-order valence-electron chi connectivity index (χ1n) is 7.31. The van der Waals surface area contributed by atoms with E-state index in [4.69, 9.17) is 10.6 Å². The number of unbranched alkanes of at least 4 members (excludes halogenated alkanes) is 1. The van der Waals surface area contributed by atoms with E-state index in [1.165, 1.54) is 6.42 Å². The van der Waals surface area contributed by atoms with Crippen molar-refractivity contribution in [1.29, 1.82) is 0 Å². The Balaban J connectivity index is 2.45. The lowest BCUT2D eigenvalue weighted by Crippen LogP contribution is -2.43. The van der Waals surface area contributed by atoms with E-state index in [9.17, 15) is 4.79 Å². The first kappa shape index (κ1) is 16.2. The molecule has 1 saturated heterocycles. The van der Waals surface area contributed by atoms with Crippen molar-refractivity contribution in [3.05, 3.63) is 0 Å². The van der Waals surface area contributed by atoms with Crippen LogP contribution in [0.3, 0.4) is 0 Å². The monoisotopic (exact) mass is 271 g/mol. The molecular weight excluding hydrogens is 242 g/mol. The second kappa shape index (κ2) is 7.10. The lowest BCUT2D eigenvalue weighted by molar-refractivity contribution is 0.0285. The zero-order valence-corrected chi connectivity index (χ0v) is 12.7. The zero-order chi connectivity index (χ0) is 14.5. The Morgan fingerprint density at radius 3 is 2.74 bits per heavy atom. The Labute approximate surface area is 116 Å². The molecule has 0 saturated carbocycles. The van der Waals surface area contributed by atoms with Crippen LogP contribution in [-0.4, -0.2) is 35.7 Å². The van der Waals surface area contributed by atoms with Crippen LogP contribution >= 0.6 is 0 Å². The van der Waals surface area contributed by atoms with Crippen LogP contribution in [0.1, 0.15) is 53.4 Å². The molecule has 19 heavy (non-hydrogen) atoms. The molecule has 0 aromatic heterocycles. The summed E-state index contributed by atoms with van der Waals surface area (Å²) in [4.78, 5) is 13.8. The summed E-state index contributed by atoms with van der Waals surface area (Å²) in [5, 5.41) is 0. The summed E-state index contributed by atoms with van der Waals surface area (Å²) in [6.45, 7) is 9.37. The van der Waals surface area contributed by atoms with Gasteiger partial charge in [-0.1, -0.05) is 19.8 Å². The second-order valence-electron chi connectivity index (χ2n) is 6.39. The van der Waals surface area contributed by atoms with Gasteiger partial charge in [0.05, 0.1) is 0 Å². The van der Waals surface area contributed by atoms with Crippen LogP contribution in [0.25, 0.3) is 0 Å². The molecule has 1 amide bonds. The molecule has 0 bridgehead atoms. The average Bonchev–Trinajstić information content (AvgIpc) is 2.77. The number of amides is 1. The summed E-state index contributed by atoms with van der Waals surface area (Å²) >= 11 is 0. The number of hydrogen-bond donors (Lipinski definition) is 2. The molecule has 5 nitrogen and oxygen atoms in total. The largest absolute Gasteiger partial charge is 0.444 e. The van der Waals surface area contributed by atoms with E-state index in [-0.39, 0.29) is 6.09 Å². The predicted octanol–water partition coefficient (Wildman–Crippen LogP) is 2.27. The lowest BCUT2D eigenvalue weighted by Gasteiger charge is -2.26. The molecule has 3 N–H and O–H groups in total. The molecule has 5 heteroatoms. The SMILES string of the molecule is CCCCC(NN)C1CCN(C(=O)OC(C)(C)C)C1. The number of hydrazine groups is 1. The van der Waals surface area contributed by atoms with Crippen LogP contribution in [0.15, 0.2) is 0 Å². The topological polar surface area (TPSA) is 67.6 Å². The van der Waals surface area contributed by atoms with Crippen LogP contribution in [0.2, 0.25) is 0 Å². The lowest BCUT2D eigenvalue weighted by atomic mass is 9.95. The highest BCUT2D eigenvalue weighted by Gasteiger charge is 2.33. The number of likely N-dealkylation sites (tertiary alicyclic amines) is 1. The predicted molar refractivity (Wildman–Crippen MR) is 76.6 cm³/mol. The third-order valence-corrected chi connectivity index (χ3v) is 3.53. The van der Waals surface area contributed by atoms with Gasteiger partial charge in [0.2, 0.25) is 0 Å². The van der Waals surface area contributed by atoms with Gasteiger partial charge in [-0.15, -0.1) is 0 Å². The number of rotatable bonds is 5. The molecule has 2 atom stereocenters. The van der Waals surface area contributed by atoms with Gasteiger partial charge in [0.25, 0.3) is 0 Å². The minimum Gasteiger partial charge on any atom is -0.444 e. The molecule has 1 rings (SSSR count). The van der Waals surface area contributed by atoms with E-state index in [1.807, 2.05) is 20.8 Å². The minimum absolute atomic E-state index is 0.207. The highest BCUT2D eigenvalue weighted by molar-refractivity contribution is 5.68. The maximum Gasteiger partial charge on any atom is 0.410 e. The van der Waals surface area contributed by atoms with Crippen molar-refractivity contribution in [1.82, 2.24) is 10.3 Å². The van der Waals surface area contributed by atoms with E-state index in [1.54, 1.807) is 4.90 Å². The molecule has 1 aliphatic heterocycles. The Morgan fingerprint density at radius 1 is 1.53 bits per heavy atom. The molecule has 0 radical (unpaired) electrons.